The Morgan fingerprint density at radius 1 is 1.37 bits per heavy atom. The molecular formula is C18H16N8O. The molecule has 4 aromatic rings. The Bertz CT molecular complexity index is 1140. The van der Waals surface area contributed by atoms with Gasteiger partial charge in [0.1, 0.15) is 17.5 Å². The Kier molecular flexibility index (Phi) is 4.14. The van der Waals surface area contributed by atoms with Crippen molar-refractivity contribution in [3.8, 4) is 23.3 Å². The fourth-order valence-electron chi connectivity index (χ4n) is 2.74. The quantitative estimate of drug-likeness (QED) is 0.435. The average Bonchev–Trinajstić information content (AvgIpc) is 3.37. The molecule has 0 radical (unpaired) electrons. The number of aryl methyl sites for hydroxylation is 1. The number of aromatic amines is 1. The Morgan fingerprint density at radius 3 is 3.00 bits per heavy atom. The van der Waals surface area contributed by atoms with Gasteiger partial charge in [-0.2, -0.15) is 25.1 Å². The minimum atomic E-state index is 0.326. The van der Waals surface area contributed by atoms with Crippen LogP contribution in [0.15, 0.2) is 41.7 Å². The predicted octanol–water partition coefficient (Wildman–Crippen LogP) is 2.72. The summed E-state index contributed by atoms with van der Waals surface area (Å²) in [5.41, 5.74) is 2.85. The summed E-state index contributed by atoms with van der Waals surface area (Å²) in [6.07, 6.45) is 4.60. The minimum Gasteiger partial charge on any atom is -0.483 e. The largest absolute Gasteiger partial charge is 0.483 e. The average molecular weight is 360 g/mol. The summed E-state index contributed by atoms with van der Waals surface area (Å²) in [7, 11) is 1.81. The first-order valence-electron chi connectivity index (χ1n) is 8.32. The second-order valence-electron chi connectivity index (χ2n) is 5.74. The number of H-pyrrole nitrogens is 1. The SMILES string of the molecule is CCO/C=N\c1c(C#N)cnn1-c1nn(C)cc1-c1nc2ccccc2[nH]1. The van der Waals surface area contributed by atoms with Crippen LogP contribution in [0.1, 0.15) is 12.5 Å². The summed E-state index contributed by atoms with van der Waals surface area (Å²) in [6.45, 7) is 2.33. The van der Waals surface area contributed by atoms with Crippen molar-refractivity contribution in [2.24, 2.45) is 12.0 Å². The molecule has 3 aromatic heterocycles. The van der Waals surface area contributed by atoms with E-state index in [2.05, 4.69) is 31.2 Å². The molecular weight excluding hydrogens is 344 g/mol. The van der Waals surface area contributed by atoms with Gasteiger partial charge < -0.3 is 9.72 Å². The molecule has 1 aromatic carbocycles. The Hall–Kier alpha value is -3.93. The van der Waals surface area contributed by atoms with E-state index in [0.717, 1.165) is 16.6 Å². The van der Waals surface area contributed by atoms with Gasteiger partial charge in [-0.1, -0.05) is 12.1 Å². The van der Waals surface area contributed by atoms with Crippen molar-refractivity contribution >= 4 is 23.3 Å². The van der Waals surface area contributed by atoms with Gasteiger partial charge in [-0.05, 0) is 19.1 Å². The molecule has 27 heavy (non-hydrogen) atoms. The van der Waals surface area contributed by atoms with Crippen LogP contribution in [0, 0.1) is 11.3 Å². The molecule has 4 rings (SSSR count). The van der Waals surface area contributed by atoms with Crippen molar-refractivity contribution < 1.29 is 4.74 Å². The van der Waals surface area contributed by atoms with E-state index in [4.69, 9.17) is 4.74 Å². The maximum Gasteiger partial charge on any atom is 0.188 e. The summed E-state index contributed by atoms with van der Waals surface area (Å²) in [5, 5.41) is 18.2. The molecule has 0 aliphatic carbocycles. The Labute approximate surface area is 154 Å². The maximum atomic E-state index is 9.36. The number of benzene rings is 1. The number of hydrogen-bond acceptors (Lipinski definition) is 6. The maximum absolute atomic E-state index is 9.36. The van der Waals surface area contributed by atoms with E-state index in [-0.39, 0.29) is 0 Å². The number of para-hydroxylation sites is 2. The van der Waals surface area contributed by atoms with Crippen LogP contribution >= 0.6 is 0 Å². The number of rotatable bonds is 5. The summed E-state index contributed by atoms with van der Waals surface area (Å²) >= 11 is 0. The van der Waals surface area contributed by atoms with Crippen LogP contribution in [-0.4, -0.2) is 42.5 Å². The molecule has 134 valence electrons. The lowest BCUT2D eigenvalue weighted by Crippen LogP contribution is -2.01. The fourth-order valence-corrected chi connectivity index (χ4v) is 2.74. The van der Waals surface area contributed by atoms with E-state index in [1.807, 2.05) is 44.4 Å². The first-order chi connectivity index (χ1) is 13.2. The standard InChI is InChI=1S/C18H16N8O/c1-3-27-11-20-17-12(8-19)9-21-26(17)18-13(10-25(2)24-18)16-22-14-6-4-5-7-15(14)23-16/h4-7,9-11H,3H2,1-2H3,(H,22,23)/b20-11-. The van der Waals surface area contributed by atoms with Crippen molar-refractivity contribution in [2.45, 2.75) is 6.92 Å². The topological polar surface area (TPSA) is 110 Å². The molecule has 9 heteroatoms. The van der Waals surface area contributed by atoms with Gasteiger partial charge in [-0.25, -0.2) is 4.98 Å². The van der Waals surface area contributed by atoms with Crippen LogP contribution in [0.25, 0.3) is 28.2 Å². The molecule has 0 atom stereocenters. The zero-order valence-corrected chi connectivity index (χ0v) is 14.8. The third kappa shape index (κ3) is 2.93. The zero-order valence-electron chi connectivity index (χ0n) is 14.8. The third-order valence-corrected chi connectivity index (χ3v) is 3.93. The van der Waals surface area contributed by atoms with Gasteiger partial charge in [0.25, 0.3) is 0 Å². The Morgan fingerprint density at radius 2 is 2.22 bits per heavy atom. The number of aliphatic imine (C=N–C) groups is 1. The first-order valence-corrected chi connectivity index (χ1v) is 8.32. The van der Waals surface area contributed by atoms with Crippen LogP contribution in [0.3, 0.4) is 0 Å². The van der Waals surface area contributed by atoms with Gasteiger partial charge in [0.2, 0.25) is 0 Å². The third-order valence-electron chi connectivity index (χ3n) is 3.93. The number of aromatic nitrogens is 6. The van der Waals surface area contributed by atoms with E-state index in [1.54, 1.807) is 4.68 Å². The smallest absolute Gasteiger partial charge is 0.188 e. The second kappa shape index (κ2) is 6.76. The second-order valence-corrected chi connectivity index (χ2v) is 5.74. The number of nitrogens with zero attached hydrogens (tertiary/aromatic N) is 7. The monoisotopic (exact) mass is 360 g/mol. The van der Waals surface area contributed by atoms with Crippen molar-refractivity contribution in [1.29, 1.82) is 5.26 Å². The van der Waals surface area contributed by atoms with E-state index >= 15 is 0 Å². The molecule has 0 saturated heterocycles. The van der Waals surface area contributed by atoms with Gasteiger partial charge in [0.15, 0.2) is 18.0 Å². The van der Waals surface area contributed by atoms with Crippen molar-refractivity contribution in [3.05, 3.63) is 42.2 Å². The molecule has 0 unspecified atom stereocenters. The number of nitrogens with one attached hydrogen (secondary N) is 1. The molecule has 0 aliphatic rings. The van der Waals surface area contributed by atoms with Crippen molar-refractivity contribution in [2.75, 3.05) is 6.61 Å². The van der Waals surface area contributed by atoms with Gasteiger partial charge in [0.05, 0.1) is 29.4 Å². The number of ether oxygens (including phenoxy) is 1. The highest BCUT2D eigenvalue weighted by Gasteiger charge is 2.20. The summed E-state index contributed by atoms with van der Waals surface area (Å²) < 4.78 is 8.35. The lowest BCUT2D eigenvalue weighted by atomic mass is 10.3. The minimum absolute atomic E-state index is 0.326. The lowest BCUT2D eigenvalue weighted by Gasteiger charge is -2.03. The van der Waals surface area contributed by atoms with Gasteiger partial charge >= 0.3 is 0 Å². The normalized spacial score (nSPS) is 11.3. The highest BCUT2D eigenvalue weighted by molar-refractivity contribution is 5.80. The number of hydrogen-bond donors (Lipinski definition) is 1. The summed E-state index contributed by atoms with van der Waals surface area (Å²) in [5.74, 6) is 1.52. The number of imidazole rings is 1. The van der Waals surface area contributed by atoms with Crippen LogP contribution in [0.2, 0.25) is 0 Å². The van der Waals surface area contributed by atoms with Gasteiger partial charge in [-0.15, -0.1) is 0 Å². The van der Waals surface area contributed by atoms with Crippen LogP contribution < -0.4 is 0 Å². The van der Waals surface area contributed by atoms with Crippen LogP contribution in [0.4, 0.5) is 5.82 Å². The highest BCUT2D eigenvalue weighted by Crippen LogP contribution is 2.29. The van der Waals surface area contributed by atoms with Crippen LogP contribution in [-0.2, 0) is 11.8 Å². The molecule has 0 aliphatic heterocycles. The van der Waals surface area contributed by atoms with Crippen molar-refractivity contribution in [1.82, 2.24) is 29.5 Å². The molecule has 3 heterocycles. The first kappa shape index (κ1) is 16.5. The zero-order chi connectivity index (χ0) is 18.8. The summed E-state index contributed by atoms with van der Waals surface area (Å²) in [6, 6.07) is 9.87. The predicted molar refractivity (Wildman–Crippen MR) is 99.9 cm³/mol. The lowest BCUT2D eigenvalue weighted by molar-refractivity contribution is 0.343. The molecule has 0 amide bonds. The number of nitriles is 1. The van der Waals surface area contributed by atoms with Gasteiger partial charge in [0, 0.05) is 13.2 Å². The fraction of sp³-hybridized carbons (Fsp3) is 0.167. The van der Waals surface area contributed by atoms with E-state index in [9.17, 15) is 5.26 Å². The molecule has 0 spiro atoms. The Balaban J connectivity index is 1.87. The van der Waals surface area contributed by atoms with E-state index < -0.39 is 0 Å². The summed E-state index contributed by atoms with van der Waals surface area (Å²) in [4.78, 5) is 12.2. The van der Waals surface area contributed by atoms with Gasteiger partial charge in [-0.3, -0.25) is 4.68 Å². The highest BCUT2D eigenvalue weighted by atomic mass is 16.5. The molecule has 9 nitrogen and oxygen atoms in total. The molecule has 0 fully saturated rings. The number of fused-ring (bicyclic) bond motifs is 1. The van der Waals surface area contributed by atoms with Crippen molar-refractivity contribution in [3.63, 3.8) is 0 Å². The van der Waals surface area contributed by atoms with Crippen LogP contribution in [0.5, 0.6) is 0 Å². The molecule has 0 bridgehead atoms. The van der Waals surface area contributed by atoms with E-state index in [0.29, 0.717) is 29.6 Å². The molecule has 0 saturated carbocycles. The van der Waals surface area contributed by atoms with E-state index in [1.165, 1.54) is 17.3 Å². The molecule has 1 N–H and O–H groups in total.